The standard InChI is InChI=1S/C15H21F2N3O3S/c1-4-5-6-18-15(24)20-19-9-10-7-11(21-2)13(23-14(16)17)12(8-10)22-3/h7-9,14H,4-6H2,1-3H3,(H2,18,20,24)/b19-9-. The molecule has 0 saturated carbocycles. The molecule has 0 bridgehead atoms. The number of alkyl halides is 2. The fraction of sp³-hybridized carbons (Fsp3) is 0.467. The second-order valence-electron chi connectivity index (χ2n) is 4.61. The third-order valence-corrected chi connectivity index (χ3v) is 3.12. The number of ether oxygens (including phenoxy) is 3. The lowest BCUT2D eigenvalue weighted by molar-refractivity contribution is -0.0526. The largest absolute Gasteiger partial charge is 0.493 e. The van der Waals surface area contributed by atoms with Gasteiger partial charge in [-0.15, -0.1) is 0 Å². The molecule has 2 N–H and O–H groups in total. The lowest BCUT2D eigenvalue weighted by atomic mass is 10.2. The summed E-state index contributed by atoms with van der Waals surface area (Å²) in [6.45, 7) is -0.141. The molecule has 0 saturated heterocycles. The highest BCUT2D eigenvalue weighted by atomic mass is 32.1. The maximum absolute atomic E-state index is 12.5. The van der Waals surface area contributed by atoms with Crippen molar-refractivity contribution in [1.29, 1.82) is 0 Å². The quantitative estimate of drug-likeness (QED) is 0.305. The van der Waals surface area contributed by atoms with Crippen molar-refractivity contribution in [3.63, 3.8) is 0 Å². The van der Waals surface area contributed by atoms with Crippen LogP contribution in [0.15, 0.2) is 17.2 Å². The number of thiocarbonyl (C=S) groups is 1. The summed E-state index contributed by atoms with van der Waals surface area (Å²) in [5.74, 6) is 0.0522. The maximum Gasteiger partial charge on any atom is 0.387 e. The number of halogens is 2. The van der Waals surface area contributed by atoms with Crippen LogP contribution in [0.5, 0.6) is 17.2 Å². The molecule has 0 amide bonds. The van der Waals surface area contributed by atoms with E-state index in [1.54, 1.807) is 0 Å². The molecule has 0 fully saturated rings. The minimum absolute atomic E-state index is 0.111. The van der Waals surface area contributed by atoms with Gasteiger partial charge in [0.25, 0.3) is 0 Å². The van der Waals surface area contributed by atoms with E-state index in [-0.39, 0.29) is 17.2 Å². The normalized spacial score (nSPS) is 10.8. The molecule has 9 heteroatoms. The summed E-state index contributed by atoms with van der Waals surface area (Å²) in [6.07, 6.45) is 3.53. The Balaban J connectivity index is 2.81. The lowest BCUT2D eigenvalue weighted by Crippen LogP contribution is -2.32. The third kappa shape index (κ3) is 6.53. The highest BCUT2D eigenvalue weighted by molar-refractivity contribution is 7.80. The van der Waals surface area contributed by atoms with Crippen LogP contribution in [0.4, 0.5) is 8.78 Å². The van der Waals surface area contributed by atoms with Gasteiger partial charge < -0.3 is 19.5 Å². The molecule has 1 aromatic rings. The van der Waals surface area contributed by atoms with Crippen molar-refractivity contribution in [2.45, 2.75) is 26.4 Å². The molecule has 0 aliphatic heterocycles. The predicted octanol–water partition coefficient (Wildman–Crippen LogP) is 2.90. The van der Waals surface area contributed by atoms with Crippen LogP contribution < -0.4 is 25.0 Å². The van der Waals surface area contributed by atoms with E-state index in [1.165, 1.54) is 32.6 Å². The molecule has 1 aromatic carbocycles. The van der Waals surface area contributed by atoms with Gasteiger partial charge in [0, 0.05) is 12.1 Å². The van der Waals surface area contributed by atoms with E-state index in [0.717, 1.165) is 19.4 Å². The minimum Gasteiger partial charge on any atom is -0.493 e. The number of methoxy groups -OCH3 is 2. The summed E-state index contributed by atoms with van der Waals surface area (Å²) in [7, 11) is 2.69. The molecule has 0 atom stereocenters. The molecule has 0 spiro atoms. The van der Waals surface area contributed by atoms with Crippen LogP contribution in [0.3, 0.4) is 0 Å². The van der Waals surface area contributed by atoms with E-state index < -0.39 is 6.61 Å². The van der Waals surface area contributed by atoms with E-state index in [9.17, 15) is 8.78 Å². The molecule has 0 radical (unpaired) electrons. The van der Waals surface area contributed by atoms with E-state index in [0.29, 0.717) is 10.7 Å². The topological polar surface area (TPSA) is 64.1 Å². The SMILES string of the molecule is CCCCNC(=S)N/N=C\c1cc(OC)c(OC(F)F)c(OC)c1. The Morgan fingerprint density at radius 1 is 1.29 bits per heavy atom. The van der Waals surface area contributed by atoms with Crippen LogP contribution in [0.25, 0.3) is 0 Å². The molecule has 24 heavy (non-hydrogen) atoms. The monoisotopic (exact) mass is 361 g/mol. The van der Waals surface area contributed by atoms with Gasteiger partial charge in [0.05, 0.1) is 20.4 Å². The van der Waals surface area contributed by atoms with Gasteiger partial charge in [0.1, 0.15) is 0 Å². The van der Waals surface area contributed by atoms with E-state index in [2.05, 4.69) is 27.5 Å². The molecule has 0 aliphatic carbocycles. The highest BCUT2D eigenvalue weighted by Crippen LogP contribution is 2.39. The smallest absolute Gasteiger partial charge is 0.387 e. The first-order chi connectivity index (χ1) is 11.5. The van der Waals surface area contributed by atoms with E-state index >= 15 is 0 Å². The summed E-state index contributed by atoms with van der Waals surface area (Å²) >= 11 is 5.06. The van der Waals surface area contributed by atoms with Gasteiger partial charge in [-0.25, -0.2) is 0 Å². The molecular formula is C15H21F2N3O3S. The first-order valence-electron chi connectivity index (χ1n) is 7.29. The second-order valence-corrected chi connectivity index (χ2v) is 5.02. The molecule has 134 valence electrons. The zero-order valence-corrected chi connectivity index (χ0v) is 14.6. The summed E-state index contributed by atoms with van der Waals surface area (Å²) < 4.78 is 39.5. The van der Waals surface area contributed by atoms with Crippen molar-refractivity contribution >= 4 is 23.5 Å². The van der Waals surface area contributed by atoms with Crippen molar-refractivity contribution in [2.24, 2.45) is 5.10 Å². The number of hydrogen-bond acceptors (Lipinski definition) is 5. The van der Waals surface area contributed by atoms with Gasteiger partial charge in [-0.2, -0.15) is 13.9 Å². The fourth-order valence-corrected chi connectivity index (χ4v) is 1.92. The van der Waals surface area contributed by atoms with Crippen LogP contribution >= 0.6 is 12.2 Å². The fourth-order valence-electron chi connectivity index (χ4n) is 1.76. The Bertz CT molecular complexity index is 546. The Labute approximate surface area is 145 Å². The van der Waals surface area contributed by atoms with Gasteiger partial charge in [0.15, 0.2) is 16.6 Å². The molecule has 0 heterocycles. The Kier molecular flexibility index (Phi) is 8.77. The van der Waals surface area contributed by atoms with E-state index in [1.807, 2.05) is 0 Å². The second kappa shape index (κ2) is 10.6. The summed E-state index contributed by atoms with van der Waals surface area (Å²) in [5, 5.41) is 7.38. The summed E-state index contributed by atoms with van der Waals surface area (Å²) in [5.41, 5.74) is 3.23. The Morgan fingerprint density at radius 3 is 2.42 bits per heavy atom. The average molecular weight is 361 g/mol. The first kappa shape index (κ1) is 19.9. The van der Waals surface area contributed by atoms with Gasteiger partial charge in [-0.3, -0.25) is 5.43 Å². The predicted molar refractivity (Wildman–Crippen MR) is 92.4 cm³/mol. The maximum atomic E-state index is 12.5. The zero-order valence-electron chi connectivity index (χ0n) is 13.8. The van der Waals surface area contributed by atoms with Gasteiger partial charge in [0.2, 0.25) is 5.75 Å². The molecule has 6 nitrogen and oxygen atoms in total. The molecule has 0 aromatic heterocycles. The summed E-state index contributed by atoms with van der Waals surface area (Å²) in [6, 6.07) is 3.00. The van der Waals surface area contributed by atoms with Gasteiger partial charge in [-0.1, -0.05) is 13.3 Å². The molecular weight excluding hydrogens is 340 g/mol. The lowest BCUT2D eigenvalue weighted by Gasteiger charge is -2.14. The average Bonchev–Trinajstić information content (AvgIpc) is 2.55. The molecule has 1 rings (SSSR count). The zero-order chi connectivity index (χ0) is 17.9. The first-order valence-corrected chi connectivity index (χ1v) is 7.70. The Morgan fingerprint density at radius 2 is 1.92 bits per heavy atom. The molecule has 0 aliphatic rings. The number of hydrogen-bond donors (Lipinski definition) is 2. The van der Waals surface area contributed by atoms with Crippen molar-refractivity contribution in [3.05, 3.63) is 17.7 Å². The number of nitrogens with zero attached hydrogens (tertiary/aromatic N) is 1. The van der Waals surface area contributed by atoms with Crippen LogP contribution in [0.2, 0.25) is 0 Å². The number of unbranched alkanes of at least 4 members (excludes halogenated alkanes) is 1. The van der Waals surface area contributed by atoms with Gasteiger partial charge in [-0.05, 0) is 30.8 Å². The van der Waals surface area contributed by atoms with Crippen molar-refractivity contribution in [2.75, 3.05) is 20.8 Å². The van der Waals surface area contributed by atoms with Crippen LogP contribution in [0.1, 0.15) is 25.3 Å². The highest BCUT2D eigenvalue weighted by Gasteiger charge is 2.17. The van der Waals surface area contributed by atoms with Crippen LogP contribution in [0, 0.1) is 0 Å². The number of benzene rings is 1. The Hall–Kier alpha value is -2.16. The van der Waals surface area contributed by atoms with E-state index in [4.69, 9.17) is 21.7 Å². The van der Waals surface area contributed by atoms with Crippen molar-refractivity contribution in [3.8, 4) is 17.2 Å². The minimum atomic E-state index is -2.99. The number of rotatable bonds is 9. The van der Waals surface area contributed by atoms with Gasteiger partial charge >= 0.3 is 6.61 Å². The van der Waals surface area contributed by atoms with Crippen LogP contribution in [-0.2, 0) is 0 Å². The van der Waals surface area contributed by atoms with Crippen LogP contribution in [-0.4, -0.2) is 38.7 Å². The number of nitrogens with one attached hydrogen (secondary N) is 2. The van der Waals surface area contributed by atoms with Crippen molar-refractivity contribution < 1.29 is 23.0 Å². The third-order valence-electron chi connectivity index (χ3n) is 2.89. The molecule has 0 unspecified atom stereocenters. The summed E-state index contributed by atoms with van der Waals surface area (Å²) in [4.78, 5) is 0. The number of hydrazone groups is 1. The van der Waals surface area contributed by atoms with Crippen molar-refractivity contribution in [1.82, 2.24) is 10.7 Å².